The van der Waals surface area contributed by atoms with Gasteiger partial charge in [-0.3, -0.25) is 9.69 Å². The van der Waals surface area contributed by atoms with E-state index in [-0.39, 0.29) is 18.0 Å². The summed E-state index contributed by atoms with van der Waals surface area (Å²) in [6, 6.07) is 20.8. The van der Waals surface area contributed by atoms with Crippen LogP contribution in [0.15, 0.2) is 60.7 Å². The predicted molar refractivity (Wildman–Crippen MR) is 86.0 cm³/mol. The van der Waals surface area contributed by atoms with E-state index in [1.165, 1.54) is 11.1 Å². The quantitative estimate of drug-likeness (QED) is 0.941. The maximum absolute atomic E-state index is 12.0. The lowest BCUT2D eigenvalue weighted by Crippen LogP contribution is -2.45. The molecule has 2 fully saturated rings. The Balaban J connectivity index is 1.76. The first-order valence-electron chi connectivity index (χ1n) is 7.90. The first-order valence-corrected chi connectivity index (χ1v) is 7.90. The van der Waals surface area contributed by atoms with Gasteiger partial charge in [0.15, 0.2) is 0 Å². The molecule has 1 heterocycles. The van der Waals surface area contributed by atoms with Crippen molar-refractivity contribution >= 4 is 5.91 Å². The zero-order valence-corrected chi connectivity index (χ0v) is 12.4. The van der Waals surface area contributed by atoms with Crippen LogP contribution in [0.1, 0.15) is 23.6 Å². The van der Waals surface area contributed by atoms with Crippen molar-refractivity contribution in [2.24, 2.45) is 17.6 Å². The highest BCUT2D eigenvalue weighted by atomic mass is 16.1. The molecule has 0 radical (unpaired) electrons. The molecule has 2 aromatic rings. The van der Waals surface area contributed by atoms with Gasteiger partial charge in [0.2, 0.25) is 5.91 Å². The molecule has 1 aliphatic carbocycles. The molecule has 0 aromatic heterocycles. The van der Waals surface area contributed by atoms with Crippen molar-refractivity contribution in [1.82, 2.24) is 4.90 Å². The molecule has 0 bridgehead atoms. The Morgan fingerprint density at radius 3 is 2.05 bits per heavy atom. The van der Waals surface area contributed by atoms with Crippen LogP contribution in [0.2, 0.25) is 0 Å². The maximum Gasteiger partial charge on any atom is 0.235 e. The van der Waals surface area contributed by atoms with Crippen LogP contribution in [-0.4, -0.2) is 23.4 Å². The number of benzene rings is 2. The first kappa shape index (κ1) is 13.5. The van der Waals surface area contributed by atoms with Gasteiger partial charge in [-0.05, 0) is 29.4 Å². The lowest BCUT2D eigenvalue weighted by atomic mass is 9.95. The lowest BCUT2D eigenvalue weighted by molar-refractivity contribution is -0.123. The van der Waals surface area contributed by atoms with Crippen molar-refractivity contribution in [2.45, 2.75) is 18.5 Å². The Kier molecular flexibility index (Phi) is 3.23. The molecule has 4 rings (SSSR count). The molecule has 1 saturated carbocycles. The third kappa shape index (κ3) is 2.22. The number of hydrogen-bond donors (Lipinski definition) is 1. The van der Waals surface area contributed by atoms with E-state index in [1.807, 2.05) is 12.1 Å². The molecule has 22 heavy (non-hydrogen) atoms. The molecule has 3 unspecified atom stereocenters. The van der Waals surface area contributed by atoms with Crippen molar-refractivity contribution in [3.05, 3.63) is 71.8 Å². The van der Waals surface area contributed by atoms with Crippen LogP contribution in [0, 0.1) is 11.8 Å². The van der Waals surface area contributed by atoms with Gasteiger partial charge >= 0.3 is 0 Å². The van der Waals surface area contributed by atoms with E-state index < -0.39 is 0 Å². The number of carbonyl (C=O) groups is 1. The van der Waals surface area contributed by atoms with Gasteiger partial charge in [0.1, 0.15) is 0 Å². The Morgan fingerprint density at radius 1 is 1.00 bits per heavy atom. The minimum absolute atomic E-state index is 0.104. The van der Waals surface area contributed by atoms with Crippen LogP contribution >= 0.6 is 0 Å². The number of nitrogens with zero attached hydrogens (tertiary/aromatic N) is 1. The Bertz CT molecular complexity index is 631. The molecule has 1 aliphatic heterocycles. The third-order valence-corrected chi connectivity index (χ3v) is 5.04. The van der Waals surface area contributed by atoms with E-state index in [2.05, 4.69) is 53.4 Å². The van der Waals surface area contributed by atoms with E-state index in [9.17, 15) is 4.79 Å². The summed E-state index contributed by atoms with van der Waals surface area (Å²) in [7, 11) is 0. The minimum atomic E-state index is -0.179. The van der Waals surface area contributed by atoms with Crippen molar-refractivity contribution < 1.29 is 4.79 Å². The van der Waals surface area contributed by atoms with Crippen LogP contribution in [0.3, 0.4) is 0 Å². The fourth-order valence-corrected chi connectivity index (χ4v) is 3.98. The summed E-state index contributed by atoms with van der Waals surface area (Å²) in [4.78, 5) is 14.3. The number of primary amides is 1. The van der Waals surface area contributed by atoms with Gasteiger partial charge in [0.05, 0.1) is 12.1 Å². The average Bonchev–Trinajstić information content (AvgIpc) is 3.20. The number of rotatable bonds is 4. The smallest absolute Gasteiger partial charge is 0.235 e. The molecule has 2 aliphatic rings. The van der Waals surface area contributed by atoms with Gasteiger partial charge in [-0.15, -0.1) is 0 Å². The molecule has 3 nitrogen and oxygen atoms in total. The number of fused-ring (bicyclic) bond motifs is 1. The fourth-order valence-electron chi connectivity index (χ4n) is 3.98. The number of nitrogens with two attached hydrogens (primary N) is 1. The van der Waals surface area contributed by atoms with Crippen molar-refractivity contribution in [1.29, 1.82) is 0 Å². The average molecular weight is 292 g/mol. The molecule has 2 aromatic carbocycles. The summed E-state index contributed by atoms with van der Waals surface area (Å²) < 4.78 is 0. The van der Waals surface area contributed by atoms with Gasteiger partial charge in [0.25, 0.3) is 0 Å². The number of likely N-dealkylation sites (tertiary alicyclic amines) is 1. The van der Waals surface area contributed by atoms with Gasteiger partial charge in [-0.1, -0.05) is 60.7 Å². The zero-order chi connectivity index (χ0) is 15.1. The molecule has 2 N–H and O–H groups in total. The summed E-state index contributed by atoms with van der Waals surface area (Å²) in [5, 5.41) is 0. The zero-order valence-electron chi connectivity index (χ0n) is 12.4. The van der Waals surface area contributed by atoms with E-state index in [4.69, 9.17) is 5.73 Å². The Morgan fingerprint density at radius 2 is 1.55 bits per heavy atom. The van der Waals surface area contributed by atoms with E-state index in [0.717, 1.165) is 13.0 Å². The van der Waals surface area contributed by atoms with E-state index in [0.29, 0.717) is 11.8 Å². The highest BCUT2D eigenvalue weighted by molar-refractivity contribution is 5.81. The van der Waals surface area contributed by atoms with E-state index >= 15 is 0 Å². The number of carbonyl (C=O) groups excluding carboxylic acids is 1. The summed E-state index contributed by atoms with van der Waals surface area (Å²) >= 11 is 0. The number of amides is 1. The van der Waals surface area contributed by atoms with Gasteiger partial charge in [0, 0.05) is 6.54 Å². The Hall–Kier alpha value is -2.13. The molecule has 1 saturated heterocycles. The van der Waals surface area contributed by atoms with Gasteiger partial charge in [-0.2, -0.15) is 0 Å². The van der Waals surface area contributed by atoms with Crippen LogP contribution in [0.25, 0.3) is 0 Å². The lowest BCUT2D eigenvalue weighted by Gasteiger charge is -2.34. The summed E-state index contributed by atoms with van der Waals surface area (Å²) in [6.45, 7) is 0.965. The third-order valence-electron chi connectivity index (χ3n) is 5.04. The molecule has 3 heteroatoms. The highest BCUT2D eigenvalue weighted by Crippen LogP contribution is 2.52. The maximum atomic E-state index is 12.0. The number of piperidine rings is 1. The van der Waals surface area contributed by atoms with Crippen LogP contribution in [0.4, 0.5) is 0 Å². The standard InChI is InChI=1S/C19H20N2O/c20-19(22)18-16-11-15(16)12-21(18)17(13-7-3-1-4-8-13)14-9-5-2-6-10-14/h1-10,15-18H,11-12H2,(H2,20,22). The molecular weight excluding hydrogens is 272 g/mol. The second kappa shape index (κ2) is 5.25. The van der Waals surface area contributed by atoms with Crippen LogP contribution in [-0.2, 0) is 4.79 Å². The second-order valence-electron chi connectivity index (χ2n) is 6.43. The largest absolute Gasteiger partial charge is 0.368 e. The SMILES string of the molecule is NC(=O)C1C2CC2CN1C(c1ccccc1)c1ccccc1. The normalized spacial score (nSPS) is 26.9. The fraction of sp³-hybridized carbons (Fsp3) is 0.316. The predicted octanol–water partition coefficient (Wildman–Crippen LogP) is 2.58. The molecule has 1 amide bonds. The summed E-state index contributed by atoms with van der Waals surface area (Å²) in [5.41, 5.74) is 8.17. The first-order chi connectivity index (χ1) is 10.8. The molecule has 3 atom stereocenters. The highest BCUT2D eigenvalue weighted by Gasteiger charge is 2.56. The topological polar surface area (TPSA) is 46.3 Å². The van der Waals surface area contributed by atoms with E-state index in [1.54, 1.807) is 0 Å². The minimum Gasteiger partial charge on any atom is -0.368 e. The summed E-state index contributed by atoms with van der Waals surface area (Å²) in [5.74, 6) is 0.932. The second-order valence-corrected chi connectivity index (χ2v) is 6.43. The van der Waals surface area contributed by atoms with Gasteiger partial charge in [-0.25, -0.2) is 0 Å². The van der Waals surface area contributed by atoms with Crippen molar-refractivity contribution in [3.63, 3.8) is 0 Å². The van der Waals surface area contributed by atoms with Crippen LogP contribution < -0.4 is 5.73 Å². The summed E-state index contributed by atoms with van der Waals surface area (Å²) in [6.07, 6.45) is 1.15. The van der Waals surface area contributed by atoms with Crippen molar-refractivity contribution in [3.8, 4) is 0 Å². The van der Waals surface area contributed by atoms with Gasteiger partial charge < -0.3 is 5.73 Å². The van der Waals surface area contributed by atoms with Crippen molar-refractivity contribution in [2.75, 3.05) is 6.54 Å². The Labute approximate surface area is 130 Å². The number of hydrogen-bond acceptors (Lipinski definition) is 2. The molecule has 112 valence electrons. The monoisotopic (exact) mass is 292 g/mol. The molecule has 0 spiro atoms. The van der Waals surface area contributed by atoms with Crippen LogP contribution in [0.5, 0.6) is 0 Å². The molecular formula is C19H20N2O.